The zero-order valence-electron chi connectivity index (χ0n) is 11.7. The van der Waals surface area contributed by atoms with Gasteiger partial charge in [-0.25, -0.2) is 4.68 Å². The molecule has 0 aromatic carbocycles. The van der Waals surface area contributed by atoms with Crippen molar-refractivity contribution in [3.05, 3.63) is 21.0 Å². The molecule has 1 saturated heterocycles. The van der Waals surface area contributed by atoms with Crippen LogP contribution >= 0.6 is 15.9 Å². The van der Waals surface area contributed by atoms with Gasteiger partial charge < -0.3 is 10.2 Å². The van der Waals surface area contributed by atoms with Gasteiger partial charge >= 0.3 is 0 Å². The van der Waals surface area contributed by atoms with Crippen LogP contribution < -0.4 is 15.8 Å². The maximum absolute atomic E-state index is 12.2. The maximum atomic E-state index is 12.2. The summed E-state index contributed by atoms with van der Waals surface area (Å²) in [5, 5.41) is 7.71. The van der Waals surface area contributed by atoms with Gasteiger partial charge in [0.2, 0.25) is 0 Å². The second-order valence-corrected chi connectivity index (χ2v) is 6.15. The van der Waals surface area contributed by atoms with Gasteiger partial charge in [-0.1, -0.05) is 0 Å². The molecule has 0 spiro atoms. The fourth-order valence-electron chi connectivity index (χ4n) is 2.41. The van der Waals surface area contributed by atoms with E-state index in [1.54, 1.807) is 6.20 Å². The number of nitrogens with one attached hydrogen (secondary N) is 1. The first kappa shape index (κ1) is 14.5. The van der Waals surface area contributed by atoms with Gasteiger partial charge in [-0.15, -0.1) is 0 Å². The summed E-state index contributed by atoms with van der Waals surface area (Å²) in [6, 6.07) is 0.573. The lowest BCUT2D eigenvalue weighted by atomic mass is 10.2. The summed E-state index contributed by atoms with van der Waals surface area (Å²) >= 11 is 3.41. The summed E-state index contributed by atoms with van der Waals surface area (Å²) in [4.78, 5) is 14.3. The first-order valence-corrected chi connectivity index (χ1v) is 7.52. The Bertz CT molecular complexity index is 494. The van der Waals surface area contributed by atoms with Gasteiger partial charge in [0.25, 0.3) is 5.56 Å². The molecule has 0 saturated carbocycles. The van der Waals surface area contributed by atoms with E-state index in [0.29, 0.717) is 10.5 Å². The summed E-state index contributed by atoms with van der Waals surface area (Å²) in [7, 11) is 2.00. The van der Waals surface area contributed by atoms with E-state index in [1.807, 2.05) is 20.9 Å². The molecular weight excluding hydrogens is 308 g/mol. The van der Waals surface area contributed by atoms with Gasteiger partial charge in [-0.05, 0) is 49.2 Å². The lowest BCUT2D eigenvalue weighted by Crippen LogP contribution is -2.37. The number of aromatic nitrogens is 2. The first-order valence-electron chi connectivity index (χ1n) is 6.72. The molecule has 1 N–H and O–H groups in total. The van der Waals surface area contributed by atoms with Crippen molar-refractivity contribution >= 4 is 21.6 Å². The van der Waals surface area contributed by atoms with Crippen LogP contribution in [-0.4, -0.2) is 36.0 Å². The Morgan fingerprint density at radius 1 is 1.63 bits per heavy atom. The molecule has 1 aromatic rings. The van der Waals surface area contributed by atoms with Crippen molar-refractivity contribution in [2.75, 3.05) is 25.0 Å². The average Bonchev–Trinajstić information content (AvgIpc) is 2.84. The molecule has 1 aliphatic rings. The van der Waals surface area contributed by atoms with Crippen LogP contribution in [0.25, 0.3) is 0 Å². The summed E-state index contributed by atoms with van der Waals surface area (Å²) in [5.74, 6) is 0. The third kappa shape index (κ3) is 3.17. The van der Waals surface area contributed by atoms with E-state index in [4.69, 9.17) is 0 Å². The Morgan fingerprint density at radius 2 is 2.37 bits per heavy atom. The molecule has 0 bridgehead atoms. The van der Waals surface area contributed by atoms with Crippen LogP contribution in [0.2, 0.25) is 0 Å². The van der Waals surface area contributed by atoms with Crippen LogP contribution in [0.15, 0.2) is 15.5 Å². The molecule has 1 unspecified atom stereocenters. The third-order valence-corrected chi connectivity index (χ3v) is 4.23. The average molecular weight is 329 g/mol. The highest BCUT2D eigenvalue weighted by atomic mass is 79.9. The molecule has 6 heteroatoms. The molecule has 1 aliphatic heterocycles. The molecule has 1 atom stereocenters. The molecule has 1 aromatic heterocycles. The minimum absolute atomic E-state index is 0.0691. The normalized spacial score (nSPS) is 19.1. The van der Waals surface area contributed by atoms with E-state index in [0.717, 1.165) is 18.8 Å². The van der Waals surface area contributed by atoms with Gasteiger partial charge in [0.15, 0.2) is 0 Å². The SMILES string of the molecule is CC(C)n1ncc(N(C)CC2CCCN2)c(Br)c1=O. The van der Waals surface area contributed by atoms with Gasteiger partial charge in [0, 0.05) is 19.6 Å². The van der Waals surface area contributed by atoms with E-state index < -0.39 is 0 Å². The highest BCUT2D eigenvalue weighted by Crippen LogP contribution is 2.22. The fraction of sp³-hybridized carbons (Fsp3) is 0.692. The molecule has 2 rings (SSSR count). The van der Waals surface area contributed by atoms with Crippen LogP contribution in [-0.2, 0) is 0 Å². The highest BCUT2D eigenvalue weighted by Gasteiger charge is 2.19. The zero-order chi connectivity index (χ0) is 14.0. The molecule has 2 heterocycles. The first-order chi connectivity index (χ1) is 9.00. The number of rotatable bonds is 4. The molecular formula is C13H21BrN4O. The van der Waals surface area contributed by atoms with Crippen LogP contribution in [0, 0.1) is 0 Å². The van der Waals surface area contributed by atoms with Crippen molar-refractivity contribution < 1.29 is 0 Å². The van der Waals surface area contributed by atoms with E-state index >= 15 is 0 Å². The number of nitrogens with zero attached hydrogens (tertiary/aromatic N) is 3. The molecule has 0 amide bonds. The van der Waals surface area contributed by atoms with Gasteiger partial charge in [-0.2, -0.15) is 5.10 Å². The largest absolute Gasteiger partial charge is 0.371 e. The van der Waals surface area contributed by atoms with Gasteiger partial charge in [-0.3, -0.25) is 4.79 Å². The topological polar surface area (TPSA) is 50.2 Å². The molecule has 106 valence electrons. The van der Waals surface area contributed by atoms with Crippen molar-refractivity contribution in [3.8, 4) is 0 Å². The van der Waals surface area contributed by atoms with Crippen LogP contribution in [0.4, 0.5) is 5.69 Å². The summed E-state index contributed by atoms with van der Waals surface area (Å²) in [6.07, 6.45) is 4.19. The van der Waals surface area contributed by atoms with Crippen LogP contribution in [0.3, 0.4) is 0 Å². The minimum atomic E-state index is -0.0706. The van der Waals surface area contributed by atoms with Crippen molar-refractivity contribution in [3.63, 3.8) is 0 Å². The standard InChI is InChI=1S/C13H21BrN4O/c1-9(2)18-13(19)12(14)11(7-16-18)17(3)8-10-5-4-6-15-10/h7,9-10,15H,4-6,8H2,1-3H3. The number of likely N-dealkylation sites (N-methyl/N-ethyl adjacent to an activating group) is 1. The van der Waals surface area contributed by atoms with Crippen LogP contribution in [0.5, 0.6) is 0 Å². The Labute approximate surface area is 122 Å². The number of hydrogen-bond donors (Lipinski definition) is 1. The second-order valence-electron chi connectivity index (χ2n) is 5.36. The summed E-state index contributed by atoms with van der Waals surface area (Å²) < 4.78 is 2.09. The Morgan fingerprint density at radius 3 is 2.95 bits per heavy atom. The molecule has 0 aliphatic carbocycles. The Hall–Kier alpha value is -0.880. The zero-order valence-corrected chi connectivity index (χ0v) is 13.3. The number of hydrogen-bond acceptors (Lipinski definition) is 4. The lowest BCUT2D eigenvalue weighted by Gasteiger charge is -2.24. The van der Waals surface area contributed by atoms with Crippen molar-refractivity contribution in [1.29, 1.82) is 0 Å². The monoisotopic (exact) mass is 328 g/mol. The van der Waals surface area contributed by atoms with Crippen molar-refractivity contribution in [1.82, 2.24) is 15.1 Å². The predicted octanol–water partition coefficient (Wildman–Crippen LogP) is 1.77. The molecule has 0 radical (unpaired) electrons. The third-order valence-electron chi connectivity index (χ3n) is 3.48. The van der Waals surface area contributed by atoms with E-state index in [-0.39, 0.29) is 11.6 Å². The number of halogens is 1. The molecule has 5 nitrogen and oxygen atoms in total. The van der Waals surface area contributed by atoms with Crippen LogP contribution in [0.1, 0.15) is 32.7 Å². The summed E-state index contributed by atoms with van der Waals surface area (Å²) in [5.41, 5.74) is 0.786. The highest BCUT2D eigenvalue weighted by molar-refractivity contribution is 9.10. The van der Waals surface area contributed by atoms with Crippen molar-refractivity contribution in [2.45, 2.75) is 38.8 Å². The minimum Gasteiger partial charge on any atom is -0.371 e. The second kappa shape index (κ2) is 6.05. The molecule has 1 fully saturated rings. The smallest absolute Gasteiger partial charge is 0.283 e. The van der Waals surface area contributed by atoms with Crippen molar-refractivity contribution in [2.24, 2.45) is 0 Å². The number of anilines is 1. The quantitative estimate of drug-likeness (QED) is 0.915. The summed E-state index contributed by atoms with van der Waals surface area (Å²) in [6.45, 7) is 5.89. The van der Waals surface area contributed by atoms with E-state index in [1.165, 1.54) is 17.5 Å². The Kier molecular flexibility index (Phi) is 4.62. The fourth-order valence-corrected chi connectivity index (χ4v) is 3.00. The maximum Gasteiger partial charge on any atom is 0.283 e. The Balaban J connectivity index is 2.20. The van der Waals surface area contributed by atoms with E-state index in [9.17, 15) is 4.79 Å². The van der Waals surface area contributed by atoms with E-state index in [2.05, 4.69) is 31.2 Å². The predicted molar refractivity (Wildman–Crippen MR) is 80.9 cm³/mol. The molecule has 19 heavy (non-hydrogen) atoms. The lowest BCUT2D eigenvalue weighted by molar-refractivity contribution is 0.499. The van der Waals surface area contributed by atoms with Gasteiger partial charge in [0.05, 0.1) is 17.9 Å². The van der Waals surface area contributed by atoms with Gasteiger partial charge in [0.1, 0.15) is 4.47 Å².